The third-order valence-corrected chi connectivity index (χ3v) is 2.58. The molecule has 5 nitrogen and oxygen atoms in total. The zero-order chi connectivity index (χ0) is 15.6. The van der Waals surface area contributed by atoms with E-state index in [0.717, 1.165) is 0 Å². The number of halogens is 2. The van der Waals surface area contributed by atoms with Crippen LogP contribution in [0.4, 0.5) is 8.78 Å². The van der Waals surface area contributed by atoms with Gasteiger partial charge in [-0.2, -0.15) is 0 Å². The molecule has 0 aliphatic rings. The molecule has 2 aromatic rings. The molecule has 0 saturated carbocycles. The number of aromatic carboxylic acids is 1. The lowest BCUT2D eigenvalue weighted by atomic mass is 10.2. The third-order valence-electron chi connectivity index (χ3n) is 2.58. The van der Waals surface area contributed by atoms with Crippen molar-refractivity contribution in [3.8, 4) is 11.5 Å². The fourth-order valence-electron chi connectivity index (χ4n) is 1.61. The Morgan fingerprint density at radius 3 is 2.19 bits per heavy atom. The quantitative estimate of drug-likeness (QED) is 0.906. The van der Waals surface area contributed by atoms with E-state index in [4.69, 9.17) is 15.6 Å². The second kappa shape index (κ2) is 5.58. The first-order valence-corrected chi connectivity index (χ1v) is 5.68. The Hall–Kier alpha value is -2.96. The van der Waals surface area contributed by atoms with Crippen LogP contribution in [0.3, 0.4) is 0 Å². The lowest BCUT2D eigenvalue weighted by molar-refractivity contribution is 0.0695. The van der Waals surface area contributed by atoms with Crippen LogP contribution < -0.4 is 10.5 Å². The number of hydrogen-bond donors (Lipinski definition) is 2. The van der Waals surface area contributed by atoms with Crippen LogP contribution in [-0.4, -0.2) is 17.0 Å². The van der Waals surface area contributed by atoms with Gasteiger partial charge in [0.25, 0.3) is 0 Å². The summed E-state index contributed by atoms with van der Waals surface area (Å²) in [6.07, 6.45) is 0. The highest BCUT2D eigenvalue weighted by Gasteiger charge is 2.17. The average Bonchev–Trinajstić information content (AvgIpc) is 2.42. The molecule has 3 N–H and O–H groups in total. The van der Waals surface area contributed by atoms with Crippen LogP contribution in [-0.2, 0) is 0 Å². The highest BCUT2D eigenvalue weighted by Crippen LogP contribution is 2.29. The highest BCUT2D eigenvalue weighted by atomic mass is 19.1. The second-order valence-electron chi connectivity index (χ2n) is 4.07. The van der Waals surface area contributed by atoms with E-state index in [1.807, 2.05) is 0 Å². The van der Waals surface area contributed by atoms with Gasteiger partial charge in [0.1, 0.15) is 5.75 Å². The Bertz CT molecular complexity index is 708. The van der Waals surface area contributed by atoms with Gasteiger partial charge in [0.15, 0.2) is 17.4 Å². The first kappa shape index (κ1) is 14.4. The van der Waals surface area contributed by atoms with E-state index in [2.05, 4.69) is 0 Å². The van der Waals surface area contributed by atoms with Crippen LogP contribution in [0.25, 0.3) is 0 Å². The summed E-state index contributed by atoms with van der Waals surface area (Å²) < 4.78 is 32.4. The molecule has 0 unspecified atom stereocenters. The highest BCUT2D eigenvalue weighted by molar-refractivity contribution is 5.93. The molecule has 0 heterocycles. The van der Waals surface area contributed by atoms with E-state index < -0.39 is 34.8 Å². The maximum Gasteiger partial charge on any atom is 0.335 e. The SMILES string of the molecule is NC(=O)c1cccc(Oc2c(F)cc(C(=O)O)cc2F)c1. The van der Waals surface area contributed by atoms with Crippen LogP contribution >= 0.6 is 0 Å². The van der Waals surface area contributed by atoms with Gasteiger partial charge < -0.3 is 15.6 Å². The van der Waals surface area contributed by atoms with Crippen LogP contribution in [0.1, 0.15) is 20.7 Å². The molecule has 0 aliphatic carbocycles. The summed E-state index contributed by atoms with van der Waals surface area (Å²) in [5.41, 5.74) is 4.65. The summed E-state index contributed by atoms with van der Waals surface area (Å²) in [6.45, 7) is 0. The molecule has 0 spiro atoms. The zero-order valence-electron chi connectivity index (χ0n) is 10.5. The normalized spacial score (nSPS) is 10.2. The average molecular weight is 293 g/mol. The van der Waals surface area contributed by atoms with Crippen molar-refractivity contribution < 1.29 is 28.2 Å². The topological polar surface area (TPSA) is 89.6 Å². The fourth-order valence-corrected chi connectivity index (χ4v) is 1.61. The molecular weight excluding hydrogens is 284 g/mol. The summed E-state index contributed by atoms with van der Waals surface area (Å²) >= 11 is 0. The van der Waals surface area contributed by atoms with Crippen molar-refractivity contribution in [3.05, 3.63) is 59.2 Å². The van der Waals surface area contributed by atoms with Gasteiger partial charge in [-0.1, -0.05) is 6.07 Å². The summed E-state index contributed by atoms with van der Waals surface area (Å²) in [4.78, 5) is 21.7. The van der Waals surface area contributed by atoms with Gasteiger partial charge in [0.05, 0.1) is 5.56 Å². The number of carboxylic acid groups (broad SMARTS) is 1. The van der Waals surface area contributed by atoms with E-state index in [1.165, 1.54) is 24.3 Å². The number of nitrogens with two attached hydrogens (primary N) is 1. The first-order valence-electron chi connectivity index (χ1n) is 5.68. The Morgan fingerprint density at radius 2 is 1.67 bits per heavy atom. The largest absolute Gasteiger partial charge is 0.478 e. The summed E-state index contributed by atoms with van der Waals surface area (Å²) in [7, 11) is 0. The van der Waals surface area contributed by atoms with Crippen molar-refractivity contribution in [2.24, 2.45) is 5.73 Å². The molecule has 0 bridgehead atoms. The van der Waals surface area contributed by atoms with Crippen LogP contribution in [0, 0.1) is 11.6 Å². The minimum atomic E-state index is -1.46. The van der Waals surface area contributed by atoms with Crippen LogP contribution in [0.5, 0.6) is 11.5 Å². The predicted molar refractivity (Wildman–Crippen MR) is 68.4 cm³/mol. The Morgan fingerprint density at radius 1 is 1.05 bits per heavy atom. The van der Waals surface area contributed by atoms with E-state index in [-0.39, 0.29) is 11.3 Å². The minimum Gasteiger partial charge on any atom is -0.478 e. The number of carbonyl (C=O) groups excluding carboxylic acids is 1. The number of primary amides is 1. The molecule has 7 heteroatoms. The number of ether oxygens (including phenoxy) is 1. The van der Waals surface area contributed by atoms with Gasteiger partial charge in [-0.25, -0.2) is 13.6 Å². The van der Waals surface area contributed by atoms with Crippen molar-refractivity contribution in [1.82, 2.24) is 0 Å². The van der Waals surface area contributed by atoms with Crippen LogP contribution in [0.2, 0.25) is 0 Å². The minimum absolute atomic E-state index is 0.00725. The number of benzene rings is 2. The van der Waals surface area contributed by atoms with E-state index in [0.29, 0.717) is 12.1 Å². The van der Waals surface area contributed by atoms with Gasteiger partial charge in [0.2, 0.25) is 5.91 Å². The predicted octanol–water partition coefficient (Wildman–Crippen LogP) is 2.55. The lowest BCUT2D eigenvalue weighted by Gasteiger charge is -2.09. The Kier molecular flexibility index (Phi) is 3.84. The maximum absolute atomic E-state index is 13.7. The van der Waals surface area contributed by atoms with Gasteiger partial charge >= 0.3 is 5.97 Å². The third kappa shape index (κ3) is 3.14. The number of carboxylic acids is 1. The molecule has 2 rings (SSSR count). The molecule has 2 aromatic carbocycles. The zero-order valence-corrected chi connectivity index (χ0v) is 10.5. The molecular formula is C14H9F2NO4. The fraction of sp³-hybridized carbons (Fsp3) is 0. The molecule has 1 amide bonds. The first-order chi connectivity index (χ1) is 9.88. The summed E-state index contributed by atoms with van der Waals surface area (Å²) in [5.74, 6) is -5.29. The van der Waals surface area contributed by atoms with Crippen molar-refractivity contribution in [1.29, 1.82) is 0 Å². The maximum atomic E-state index is 13.7. The van der Waals surface area contributed by atoms with Crippen molar-refractivity contribution in [2.75, 3.05) is 0 Å². The number of carbonyl (C=O) groups is 2. The molecule has 108 valence electrons. The molecule has 0 fully saturated rings. The lowest BCUT2D eigenvalue weighted by Crippen LogP contribution is -2.10. The van der Waals surface area contributed by atoms with Crippen molar-refractivity contribution >= 4 is 11.9 Å². The number of amides is 1. The Balaban J connectivity index is 2.38. The molecule has 0 radical (unpaired) electrons. The van der Waals surface area contributed by atoms with Crippen molar-refractivity contribution in [2.45, 2.75) is 0 Å². The van der Waals surface area contributed by atoms with Gasteiger partial charge in [-0.15, -0.1) is 0 Å². The molecule has 21 heavy (non-hydrogen) atoms. The molecule has 0 aliphatic heterocycles. The number of rotatable bonds is 4. The molecule has 0 aromatic heterocycles. The van der Waals surface area contributed by atoms with Gasteiger partial charge in [0, 0.05) is 5.56 Å². The molecule has 0 atom stereocenters. The van der Waals surface area contributed by atoms with Crippen LogP contribution in [0.15, 0.2) is 36.4 Å². The monoisotopic (exact) mass is 293 g/mol. The van der Waals surface area contributed by atoms with Gasteiger partial charge in [-0.3, -0.25) is 4.79 Å². The van der Waals surface area contributed by atoms with E-state index in [1.54, 1.807) is 0 Å². The number of hydrogen-bond acceptors (Lipinski definition) is 3. The second-order valence-corrected chi connectivity index (χ2v) is 4.07. The van der Waals surface area contributed by atoms with E-state index >= 15 is 0 Å². The smallest absolute Gasteiger partial charge is 0.335 e. The van der Waals surface area contributed by atoms with Gasteiger partial charge in [-0.05, 0) is 30.3 Å². The summed E-state index contributed by atoms with van der Waals surface area (Å²) in [6, 6.07) is 6.70. The molecule has 0 saturated heterocycles. The summed E-state index contributed by atoms with van der Waals surface area (Å²) in [5, 5.41) is 8.69. The van der Waals surface area contributed by atoms with Crippen molar-refractivity contribution in [3.63, 3.8) is 0 Å². The van der Waals surface area contributed by atoms with E-state index in [9.17, 15) is 18.4 Å². The Labute approximate surface area is 117 Å². The standard InChI is InChI=1S/C14H9F2NO4/c15-10-5-8(14(19)20)6-11(16)12(10)21-9-3-1-2-7(4-9)13(17)18/h1-6H,(H2,17,18)(H,19,20).